The number of rotatable bonds is 4. The summed E-state index contributed by atoms with van der Waals surface area (Å²) in [4.78, 5) is 14.2. The maximum absolute atomic E-state index is 11.6. The van der Waals surface area contributed by atoms with Gasteiger partial charge >= 0.3 is 0 Å². The number of nitrogens with zero attached hydrogens (tertiary/aromatic N) is 2. The van der Waals surface area contributed by atoms with E-state index in [0.29, 0.717) is 6.04 Å². The van der Waals surface area contributed by atoms with Crippen molar-refractivity contribution in [3.05, 3.63) is 11.3 Å². The molecule has 0 aromatic carbocycles. The molecule has 3 heterocycles. The van der Waals surface area contributed by atoms with Gasteiger partial charge in [-0.05, 0) is 44.8 Å². The summed E-state index contributed by atoms with van der Waals surface area (Å²) in [7, 11) is 0. The van der Waals surface area contributed by atoms with Crippen LogP contribution in [-0.4, -0.2) is 53.4 Å². The number of hydrogen-bond donors (Lipinski definition) is 1. The zero-order valence-electron chi connectivity index (χ0n) is 12.0. The number of carbonyl (C=O) groups is 1. The molecule has 2 saturated heterocycles. The van der Waals surface area contributed by atoms with Crippen LogP contribution in [-0.2, 0) is 4.74 Å². The topological polar surface area (TPSA) is 54.5 Å². The molecule has 2 fully saturated rings. The monoisotopic (exact) mass is 295 g/mol. The molecule has 0 aliphatic carbocycles. The fraction of sp³-hybridized carbons (Fsp3) is 0.714. The number of aromatic nitrogens is 1. The molecule has 2 unspecified atom stereocenters. The van der Waals surface area contributed by atoms with Crippen molar-refractivity contribution in [3.8, 4) is 0 Å². The SMILES string of the molecule is CC(=O)c1c(C)nsc1NCC1CN2CCCC2CO1. The van der Waals surface area contributed by atoms with Crippen molar-refractivity contribution < 1.29 is 9.53 Å². The van der Waals surface area contributed by atoms with E-state index in [1.54, 1.807) is 6.92 Å². The molecule has 3 rings (SSSR count). The number of hydrogen-bond acceptors (Lipinski definition) is 6. The van der Waals surface area contributed by atoms with Crippen molar-refractivity contribution >= 4 is 22.3 Å². The molecule has 0 saturated carbocycles. The van der Waals surface area contributed by atoms with E-state index in [9.17, 15) is 4.79 Å². The van der Waals surface area contributed by atoms with Crippen LogP contribution in [0.5, 0.6) is 0 Å². The molecule has 2 atom stereocenters. The average molecular weight is 295 g/mol. The number of Topliss-reactive ketones (excluding diaryl/α,β-unsaturated/α-hetero) is 1. The summed E-state index contributed by atoms with van der Waals surface area (Å²) in [5.74, 6) is 0.0721. The smallest absolute Gasteiger partial charge is 0.164 e. The second-order valence-electron chi connectivity index (χ2n) is 5.66. The molecular weight excluding hydrogens is 274 g/mol. The molecule has 0 spiro atoms. The summed E-state index contributed by atoms with van der Waals surface area (Å²) in [5, 5.41) is 4.23. The van der Waals surface area contributed by atoms with Crippen LogP contribution in [0.3, 0.4) is 0 Å². The minimum atomic E-state index is 0.0721. The van der Waals surface area contributed by atoms with Gasteiger partial charge in [0.25, 0.3) is 0 Å². The van der Waals surface area contributed by atoms with E-state index in [1.165, 1.54) is 30.9 Å². The molecule has 6 heteroatoms. The van der Waals surface area contributed by atoms with Crippen molar-refractivity contribution in [1.29, 1.82) is 0 Å². The van der Waals surface area contributed by atoms with Crippen molar-refractivity contribution in [2.24, 2.45) is 0 Å². The van der Waals surface area contributed by atoms with Gasteiger partial charge in [0.2, 0.25) is 0 Å². The molecule has 0 radical (unpaired) electrons. The van der Waals surface area contributed by atoms with Crippen LogP contribution in [0.15, 0.2) is 0 Å². The molecule has 2 aliphatic rings. The van der Waals surface area contributed by atoms with Crippen LogP contribution < -0.4 is 5.32 Å². The highest BCUT2D eigenvalue weighted by molar-refractivity contribution is 7.10. The van der Waals surface area contributed by atoms with Crippen molar-refractivity contribution in [3.63, 3.8) is 0 Å². The Morgan fingerprint density at radius 2 is 2.45 bits per heavy atom. The van der Waals surface area contributed by atoms with Crippen LogP contribution in [0.2, 0.25) is 0 Å². The minimum absolute atomic E-state index is 0.0721. The minimum Gasteiger partial charge on any atom is -0.373 e. The van der Waals surface area contributed by atoms with Gasteiger partial charge < -0.3 is 10.1 Å². The lowest BCUT2D eigenvalue weighted by Gasteiger charge is -2.35. The van der Waals surface area contributed by atoms with Crippen LogP contribution >= 0.6 is 11.5 Å². The predicted molar refractivity (Wildman–Crippen MR) is 79.7 cm³/mol. The Morgan fingerprint density at radius 3 is 3.25 bits per heavy atom. The van der Waals surface area contributed by atoms with E-state index in [-0.39, 0.29) is 11.9 Å². The average Bonchev–Trinajstić information content (AvgIpc) is 3.01. The Labute approximate surface area is 123 Å². The van der Waals surface area contributed by atoms with Gasteiger partial charge in [-0.2, -0.15) is 4.37 Å². The van der Waals surface area contributed by atoms with E-state index in [0.717, 1.165) is 36.0 Å². The molecule has 20 heavy (non-hydrogen) atoms. The third kappa shape index (κ3) is 2.73. The van der Waals surface area contributed by atoms with Crippen LogP contribution in [0.25, 0.3) is 0 Å². The second kappa shape index (κ2) is 5.79. The maximum atomic E-state index is 11.6. The number of morpholine rings is 1. The van der Waals surface area contributed by atoms with Crippen LogP contribution in [0.1, 0.15) is 35.8 Å². The Bertz CT molecular complexity index is 503. The largest absolute Gasteiger partial charge is 0.373 e. The first-order valence-corrected chi connectivity index (χ1v) is 7.99. The van der Waals surface area contributed by atoms with E-state index in [4.69, 9.17) is 4.74 Å². The second-order valence-corrected chi connectivity index (χ2v) is 6.43. The number of carbonyl (C=O) groups excluding carboxylic acids is 1. The van der Waals surface area contributed by atoms with Crippen molar-refractivity contribution in [2.45, 2.75) is 38.8 Å². The Hall–Kier alpha value is -0.980. The van der Waals surface area contributed by atoms with Gasteiger partial charge in [-0.25, -0.2) is 0 Å². The number of anilines is 1. The lowest BCUT2D eigenvalue weighted by molar-refractivity contribution is -0.0415. The van der Waals surface area contributed by atoms with Gasteiger partial charge in [-0.1, -0.05) is 0 Å². The van der Waals surface area contributed by atoms with Gasteiger partial charge in [0, 0.05) is 19.1 Å². The predicted octanol–water partition coefficient (Wildman–Crippen LogP) is 1.93. The number of ether oxygens (including phenoxy) is 1. The fourth-order valence-electron chi connectivity index (χ4n) is 3.12. The lowest BCUT2D eigenvalue weighted by Crippen LogP contribution is -2.48. The van der Waals surface area contributed by atoms with Crippen molar-refractivity contribution in [2.75, 3.05) is 31.6 Å². The summed E-state index contributed by atoms with van der Waals surface area (Å²) in [5.41, 5.74) is 1.54. The normalized spacial score (nSPS) is 26.5. The zero-order chi connectivity index (χ0) is 14.1. The van der Waals surface area contributed by atoms with Crippen LogP contribution in [0.4, 0.5) is 5.00 Å². The number of nitrogens with one attached hydrogen (secondary N) is 1. The Balaban J connectivity index is 1.58. The molecule has 110 valence electrons. The highest BCUT2D eigenvalue weighted by atomic mass is 32.1. The zero-order valence-corrected chi connectivity index (χ0v) is 12.8. The quantitative estimate of drug-likeness (QED) is 0.860. The third-order valence-electron chi connectivity index (χ3n) is 4.17. The highest BCUT2D eigenvalue weighted by Crippen LogP contribution is 2.26. The number of fused-ring (bicyclic) bond motifs is 1. The molecule has 0 amide bonds. The molecule has 1 aromatic rings. The molecule has 0 bridgehead atoms. The summed E-state index contributed by atoms with van der Waals surface area (Å²) in [6.45, 7) is 7.24. The maximum Gasteiger partial charge on any atom is 0.164 e. The van der Waals surface area contributed by atoms with Crippen molar-refractivity contribution in [1.82, 2.24) is 9.27 Å². The van der Waals surface area contributed by atoms with Gasteiger partial charge in [0.05, 0.1) is 24.0 Å². The molecular formula is C14H21N3O2S. The van der Waals surface area contributed by atoms with E-state index in [2.05, 4.69) is 14.6 Å². The first-order valence-electron chi connectivity index (χ1n) is 7.22. The summed E-state index contributed by atoms with van der Waals surface area (Å²) in [6, 6.07) is 0.629. The first-order chi connectivity index (χ1) is 9.65. The summed E-state index contributed by atoms with van der Waals surface area (Å²) >= 11 is 1.36. The first kappa shape index (κ1) is 14.0. The van der Waals surface area contributed by atoms with Gasteiger partial charge in [0.1, 0.15) is 5.00 Å². The summed E-state index contributed by atoms with van der Waals surface area (Å²) in [6.07, 6.45) is 2.76. The molecule has 5 nitrogen and oxygen atoms in total. The molecule has 1 aromatic heterocycles. The Morgan fingerprint density at radius 1 is 1.60 bits per heavy atom. The van der Waals surface area contributed by atoms with Gasteiger partial charge in [-0.15, -0.1) is 0 Å². The third-order valence-corrected chi connectivity index (χ3v) is 5.06. The highest BCUT2D eigenvalue weighted by Gasteiger charge is 2.32. The van der Waals surface area contributed by atoms with E-state index >= 15 is 0 Å². The Kier molecular flexibility index (Phi) is 4.05. The molecule has 2 aliphatic heterocycles. The standard InChI is InChI=1S/C14H21N3O2S/c1-9-13(10(2)18)14(20-16-9)15-6-12-7-17-5-3-4-11(17)8-19-12/h11-12,15H,3-8H2,1-2H3. The van der Waals surface area contributed by atoms with Gasteiger partial charge in [0.15, 0.2) is 5.78 Å². The molecule has 1 N–H and O–H groups in total. The fourth-order valence-corrected chi connectivity index (χ4v) is 3.97. The summed E-state index contributed by atoms with van der Waals surface area (Å²) < 4.78 is 10.2. The number of aryl methyl sites for hydroxylation is 1. The van der Waals surface area contributed by atoms with Gasteiger partial charge in [-0.3, -0.25) is 9.69 Å². The lowest BCUT2D eigenvalue weighted by atomic mass is 10.1. The number of ketones is 1. The van der Waals surface area contributed by atoms with E-state index < -0.39 is 0 Å². The van der Waals surface area contributed by atoms with Crippen LogP contribution in [0, 0.1) is 6.92 Å². The van der Waals surface area contributed by atoms with E-state index in [1.807, 2.05) is 6.92 Å².